The van der Waals surface area contributed by atoms with Crippen molar-refractivity contribution in [2.24, 2.45) is 35.3 Å². The molecule has 2 N–H and O–H groups in total. The molecule has 2 saturated carbocycles. The van der Waals surface area contributed by atoms with Crippen molar-refractivity contribution >= 4 is 0 Å². The van der Waals surface area contributed by atoms with Crippen LogP contribution in [0.25, 0.3) is 0 Å². The summed E-state index contributed by atoms with van der Waals surface area (Å²) in [7, 11) is 0. The summed E-state index contributed by atoms with van der Waals surface area (Å²) in [6, 6.07) is 0. The van der Waals surface area contributed by atoms with Crippen molar-refractivity contribution in [1.29, 1.82) is 0 Å². The highest BCUT2D eigenvalue weighted by Crippen LogP contribution is 2.65. The maximum Gasteiger partial charge on any atom is -0.00458 e. The summed E-state index contributed by atoms with van der Waals surface area (Å²) < 4.78 is 0. The molecule has 0 radical (unpaired) electrons. The summed E-state index contributed by atoms with van der Waals surface area (Å²) in [4.78, 5) is 0. The Labute approximate surface area is 113 Å². The first-order valence-corrected chi connectivity index (χ1v) is 8.16. The Morgan fingerprint density at radius 3 is 2.39 bits per heavy atom. The van der Waals surface area contributed by atoms with E-state index in [0.29, 0.717) is 0 Å². The minimum absolute atomic E-state index is 0.725. The zero-order valence-corrected chi connectivity index (χ0v) is 12.3. The van der Waals surface area contributed by atoms with E-state index in [9.17, 15) is 0 Å². The highest BCUT2D eigenvalue weighted by atomic mass is 14.6. The average molecular weight is 249 g/mol. The predicted octanol–water partition coefficient (Wildman–Crippen LogP) is 4.38. The zero-order valence-electron chi connectivity index (χ0n) is 12.3. The maximum absolute atomic E-state index is 5.96. The molecule has 104 valence electrons. The molecule has 0 heterocycles. The van der Waals surface area contributed by atoms with Crippen molar-refractivity contribution in [3.05, 3.63) is 12.2 Å². The maximum atomic E-state index is 5.96. The summed E-state index contributed by atoms with van der Waals surface area (Å²) in [5, 5.41) is 0. The first-order chi connectivity index (χ1) is 8.81. The number of rotatable bonds is 9. The molecule has 2 aliphatic rings. The lowest BCUT2D eigenvalue weighted by Crippen LogP contribution is -2.19. The Morgan fingerprint density at radius 1 is 1.17 bits per heavy atom. The van der Waals surface area contributed by atoms with E-state index in [1.165, 1.54) is 44.9 Å². The van der Waals surface area contributed by atoms with E-state index >= 15 is 0 Å². The van der Waals surface area contributed by atoms with Crippen molar-refractivity contribution in [3.8, 4) is 0 Å². The van der Waals surface area contributed by atoms with Gasteiger partial charge in [0, 0.05) is 0 Å². The first kappa shape index (κ1) is 14.1. The fraction of sp³-hybridized carbons (Fsp3) is 0.882. The van der Waals surface area contributed by atoms with E-state index in [1.807, 2.05) is 0 Å². The van der Waals surface area contributed by atoms with Crippen LogP contribution >= 0.6 is 0 Å². The molecule has 18 heavy (non-hydrogen) atoms. The minimum atomic E-state index is 0.725. The zero-order chi connectivity index (χ0) is 13.0. The topological polar surface area (TPSA) is 26.0 Å². The molecule has 0 aromatic rings. The number of hydrogen-bond acceptors (Lipinski definition) is 1. The van der Waals surface area contributed by atoms with Gasteiger partial charge in [-0.1, -0.05) is 38.8 Å². The molecule has 4 unspecified atom stereocenters. The normalized spacial score (nSPS) is 32.9. The summed E-state index contributed by atoms with van der Waals surface area (Å²) in [5.74, 6) is 5.04. The molecule has 0 amide bonds. The van der Waals surface area contributed by atoms with E-state index in [1.54, 1.807) is 0 Å². The van der Waals surface area contributed by atoms with E-state index in [-0.39, 0.29) is 0 Å². The van der Waals surface area contributed by atoms with Gasteiger partial charge in [0.2, 0.25) is 0 Å². The SMILES string of the molecule is CCCC=CCC(CN)CC(CC)C1C2CCC21. The Balaban J connectivity index is 1.73. The summed E-state index contributed by atoms with van der Waals surface area (Å²) in [5.41, 5.74) is 5.96. The Morgan fingerprint density at radius 2 is 1.89 bits per heavy atom. The van der Waals surface area contributed by atoms with Crippen LogP contribution in [0.2, 0.25) is 0 Å². The van der Waals surface area contributed by atoms with Crippen LogP contribution in [0.3, 0.4) is 0 Å². The largest absolute Gasteiger partial charge is 0.330 e. The second-order valence-electron chi connectivity index (χ2n) is 6.48. The van der Waals surface area contributed by atoms with Gasteiger partial charge < -0.3 is 5.73 Å². The molecule has 0 saturated heterocycles. The number of nitrogens with two attached hydrogens (primary N) is 1. The Hall–Kier alpha value is -0.300. The fourth-order valence-corrected chi connectivity index (χ4v) is 4.00. The van der Waals surface area contributed by atoms with Gasteiger partial charge in [-0.15, -0.1) is 0 Å². The van der Waals surface area contributed by atoms with E-state index in [0.717, 1.165) is 36.1 Å². The molecule has 0 aromatic heterocycles. The van der Waals surface area contributed by atoms with E-state index < -0.39 is 0 Å². The van der Waals surface area contributed by atoms with Gasteiger partial charge in [-0.05, 0) is 68.2 Å². The van der Waals surface area contributed by atoms with Gasteiger partial charge in [-0.25, -0.2) is 0 Å². The monoisotopic (exact) mass is 249 g/mol. The minimum Gasteiger partial charge on any atom is -0.330 e. The highest BCUT2D eigenvalue weighted by molar-refractivity contribution is 5.07. The van der Waals surface area contributed by atoms with Gasteiger partial charge in [0.25, 0.3) is 0 Å². The van der Waals surface area contributed by atoms with Crippen molar-refractivity contribution in [3.63, 3.8) is 0 Å². The quantitative estimate of drug-likeness (QED) is 0.603. The van der Waals surface area contributed by atoms with Gasteiger partial charge in [0.15, 0.2) is 0 Å². The third kappa shape index (κ3) is 3.17. The molecule has 0 spiro atoms. The lowest BCUT2D eigenvalue weighted by atomic mass is 9.86. The third-order valence-electron chi connectivity index (χ3n) is 5.36. The van der Waals surface area contributed by atoms with Crippen LogP contribution in [0.4, 0.5) is 0 Å². The van der Waals surface area contributed by atoms with Gasteiger partial charge in [0.05, 0.1) is 0 Å². The van der Waals surface area contributed by atoms with Crippen molar-refractivity contribution in [2.45, 2.75) is 58.8 Å². The number of allylic oxidation sites excluding steroid dienone is 2. The molecular weight excluding hydrogens is 218 g/mol. The van der Waals surface area contributed by atoms with Gasteiger partial charge >= 0.3 is 0 Å². The lowest BCUT2D eigenvalue weighted by Gasteiger charge is -2.20. The van der Waals surface area contributed by atoms with Crippen molar-refractivity contribution < 1.29 is 0 Å². The smallest absolute Gasteiger partial charge is 0.00458 e. The van der Waals surface area contributed by atoms with Crippen LogP contribution in [0, 0.1) is 29.6 Å². The van der Waals surface area contributed by atoms with Crippen molar-refractivity contribution in [1.82, 2.24) is 0 Å². The van der Waals surface area contributed by atoms with Crippen LogP contribution in [0.1, 0.15) is 58.8 Å². The predicted molar refractivity (Wildman–Crippen MR) is 79.3 cm³/mol. The number of hydrogen-bond donors (Lipinski definition) is 1. The third-order valence-corrected chi connectivity index (χ3v) is 5.36. The molecule has 1 heteroatoms. The molecule has 2 fully saturated rings. The molecule has 1 nitrogen and oxygen atoms in total. The average Bonchev–Trinajstić information content (AvgIpc) is 2.89. The molecule has 2 rings (SSSR count). The van der Waals surface area contributed by atoms with Gasteiger partial charge in [0.1, 0.15) is 0 Å². The van der Waals surface area contributed by atoms with Crippen molar-refractivity contribution in [2.75, 3.05) is 6.54 Å². The Kier molecular flexibility index (Phi) is 5.29. The summed E-state index contributed by atoms with van der Waals surface area (Å²) in [6.45, 7) is 5.48. The summed E-state index contributed by atoms with van der Waals surface area (Å²) >= 11 is 0. The fourth-order valence-electron chi connectivity index (χ4n) is 4.00. The van der Waals surface area contributed by atoms with E-state index in [4.69, 9.17) is 5.73 Å². The molecule has 2 aliphatic carbocycles. The van der Waals surface area contributed by atoms with Crippen LogP contribution in [0.5, 0.6) is 0 Å². The molecular formula is C17H31N. The lowest BCUT2D eigenvalue weighted by molar-refractivity contribution is 0.323. The molecule has 0 bridgehead atoms. The Bertz CT molecular complexity index is 261. The molecule has 4 atom stereocenters. The van der Waals surface area contributed by atoms with E-state index in [2.05, 4.69) is 26.0 Å². The van der Waals surface area contributed by atoms with Crippen LogP contribution < -0.4 is 5.73 Å². The number of fused-ring (bicyclic) bond motifs is 1. The van der Waals surface area contributed by atoms with Gasteiger partial charge in [-0.3, -0.25) is 0 Å². The molecule has 0 aromatic carbocycles. The van der Waals surface area contributed by atoms with Crippen LogP contribution in [-0.4, -0.2) is 6.54 Å². The second-order valence-corrected chi connectivity index (χ2v) is 6.48. The van der Waals surface area contributed by atoms with Crippen LogP contribution in [0.15, 0.2) is 12.2 Å². The second kappa shape index (κ2) is 6.75. The number of unbranched alkanes of at least 4 members (excludes halogenated alkanes) is 1. The molecule has 0 aliphatic heterocycles. The standard InChI is InChI=1S/C17H31N/c1-3-5-6-7-8-13(12-18)11-14(4-2)17-15-9-10-16(15)17/h6-7,13-17H,3-5,8-12,18H2,1-2H3. The van der Waals surface area contributed by atoms with Gasteiger partial charge in [-0.2, -0.15) is 0 Å². The highest BCUT2D eigenvalue weighted by Gasteiger charge is 2.58. The van der Waals surface area contributed by atoms with Crippen LogP contribution in [-0.2, 0) is 0 Å². The summed E-state index contributed by atoms with van der Waals surface area (Å²) in [6.07, 6.45) is 14.2. The first-order valence-electron chi connectivity index (χ1n) is 8.16.